The van der Waals surface area contributed by atoms with E-state index in [2.05, 4.69) is 27.3 Å². The summed E-state index contributed by atoms with van der Waals surface area (Å²) in [5, 5.41) is 14.4. The Hall–Kier alpha value is -2.12. The second-order valence-corrected chi connectivity index (χ2v) is 5.84. The van der Waals surface area contributed by atoms with E-state index in [1.54, 1.807) is 5.38 Å². The largest absolute Gasteiger partial charge is 0.481 e. The highest BCUT2D eigenvalue weighted by molar-refractivity contribution is 7.13. The van der Waals surface area contributed by atoms with E-state index >= 15 is 0 Å². The highest BCUT2D eigenvalue weighted by Gasteiger charge is 2.11. The fraction of sp³-hybridized carbons (Fsp3) is 0.412. The molecule has 0 bridgehead atoms. The number of hydrogen-bond donors (Lipinski definition) is 2. The van der Waals surface area contributed by atoms with Crippen LogP contribution in [0.3, 0.4) is 0 Å². The molecule has 0 spiro atoms. The number of morpholine rings is 1. The van der Waals surface area contributed by atoms with E-state index in [4.69, 9.17) is 9.84 Å². The first-order valence-electron chi connectivity index (χ1n) is 8.07. The molecule has 130 valence electrons. The van der Waals surface area contributed by atoms with Gasteiger partial charge in [0.1, 0.15) is 0 Å². The zero-order valence-electron chi connectivity index (χ0n) is 14.0. The molecule has 0 radical (unpaired) electrons. The molecule has 1 aromatic carbocycles. The molecule has 0 unspecified atom stereocenters. The molecule has 6 nitrogen and oxygen atoms in total. The molecule has 0 amide bonds. The molecule has 2 heterocycles. The van der Waals surface area contributed by atoms with Crippen LogP contribution in [0, 0.1) is 0 Å². The third-order valence-electron chi connectivity index (χ3n) is 3.38. The molecule has 2 aromatic rings. The van der Waals surface area contributed by atoms with Crippen LogP contribution in [0.4, 0.5) is 16.5 Å². The van der Waals surface area contributed by atoms with Crippen molar-refractivity contribution in [1.82, 2.24) is 4.98 Å². The van der Waals surface area contributed by atoms with Gasteiger partial charge in [0, 0.05) is 29.8 Å². The van der Waals surface area contributed by atoms with E-state index in [1.165, 1.54) is 17.0 Å². The van der Waals surface area contributed by atoms with Crippen molar-refractivity contribution in [3.63, 3.8) is 0 Å². The van der Waals surface area contributed by atoms with Crippen LogP contribution in [-0.2, 0) is 16.0 Å². The van der Waals surface area contributed by atoms with Crippen LogP contribution in [0.5, 0.6) is 0 Å². The van der Waals surface area contributed by atoms with Gasteiger partial charge in [0.05, 0.1) is 25.3 Å². The van der Waals surface area contributed by atoms with Crippen molar-refractivity contribution in [1.29, 1.82) is 0 Å². The number of thiazole rings is 1. The molecule has 1 aliphatic heterocycles. The minimum atomic E-state index is -0.869. The van der Waals surface area contributed by atoms with Crippen molar-refractivity contribution >= 4 is 33.8 Å². The summed E-state index contributed by atoms with van der Waals surface area (Å²) in [6.07, 6.45) is -0.0475. The Bertz CT molecular complexity index is 637. The van der Waals surface area contributed by atoms with Crippen LogP contribution in [0.1, 0.15) is 19.5 Å². The average Bonchev–Trinajstić information content (AvgIpc) is 3.04. The normalized spacial score (nSPS) is 13.8. The highest BCUT2D eigenvalue weighted by Crippen LogP contribution is 2.24. The van der Waals surface area contributed by atoms with Crippen molar-refractivity contribution in [3.8, 4) is 0 Å². The van der Waals surface area contributed by atoms with Crippen LogP contribution in [-0.4, -0.2) is 42.4 Å². The van der Waals surface area contributed by atoms with Gasteiger partial charge in [0.15, 0.2) is 5.13 Å². The topological polar surface area (TPSA) is 74.7 Å². The van der Waals surface area contributed by atoms with E-state index in [9.17, 15) is 4.79 Å². The fourth-order valence-corrected chi connectivity index (χ4v) is 3.03. The Morgan fingerprint density at radius 3 is 2.58 bits per heavy atom. The van der Waals surface area contributed by atoms with Gasteiger partial charge in [-0.1, -0.05) is 13.8 Å². The van der Waals surface area contributed by atoms with Crippen LogP contribution in [0.2, 0.25) is 0 Å². The van der Waals surface area contributed by atoms with Crippen LogP contribution in [0.25, 0.3) is 0 Å². The van der Waals surface area contributed by atoms with Gasteiger partial charge in [-0.25, -0.2) is 4.98 Å². The van der Waals surface area contributed by atoms with Crippen LogP contribution in [0.15, 0.2) is 29.6 Å². The Morgan fingerprint density at radius 2 is 1.96 bits per heavy atom. The van der Waals surface area contributed by atoms with E-state index in [1.807, 2.05) is 26.0 Å². The molecule has 7 heteroatoms. The number of rotatable bonds is 5. The fourth-order valence-electron chi connectivity index (χ4n) is 2.30. The van der Waals surface area contributed by atoms with Gasteiger partial charge >= 0.3 is 5.97 Å². The number of carboxylic acid groups (broad SMARTS) is 1. The summed E-state index contributed by atoms with van der Waals surface area (Å²) >= 11 is 1.41. The molecule has 2 N–H and O–H groups in total. The maximum Gasteiger partial charge on any atom is 0.309 e. The third-order valence-corrected chi connectivity index (χ3v) is 4.19. The summed E-state index contributed by atoms with van der Waals surface area (Å²) in [5.74, 6) is -0.869. The second kappa shape index (κ2) is 9.24. The van der Waals surface area contributed by atoms with Crippen molar-refractivity contribution in [3.05, 3.63) is 35.3 Å². The van der Waals surface area contributed by atoms with E-state index in [-0.39, 0.29) is 6.42 Å². The average molecular weight is 349 g/mol. The second-order valence-electron chi connectivity index (χ2n) is 4.99. The predicted octanol–water partition coefficient (Wildman–Crippen LogP) is 3.38. The van der Waals surface area contributed by atoms with Crippen molar-refractivity contribution in [2.75, 3.05) is 36.5 Å². The molecule has 1 aliphatic rings. The number of carboxylic acids is 1. The Kier molecular flexibility index (Phi) is 7.02. The minimum Gasteiger partial charge on any atom is -0.481 e. The van der Waals surface area contributed by atoms with E-state index in [0.29, 0.717) is 10.8 Å². The molecular formula is C17H23N3O3S. The monoisotopic (exact) mass is 349 g/mol. The lowest BCUT2D eigenvalue weighted by Gasteiger charge is -2.28. The van der Waals surface area contributed by atoms with Gasteiger partial charge in [-0.3, -0.25) is 4.79 Å². The number of hydrogen-bond acceptors (Lipinski definition) is 6. The molecule has 24 heavy (non-hydrogen) atoms. The first-order valence-corrected chi connectivity index (χ1v) is 8.94. The quantitative estimate of drug-likeness (QED) is 0.862. The molecule has 0 aliphatic carbocycles. The molecular weight excluding hydrogens is 326 g/mol. The smallest absolute Gasteiger partial charge is 0.309 e. The van der Waals surface area contributed by atoms with Gasteiger partial charge in [-0.2, -0.15) is 0 Å². The molecule has 3 rings (SSSR count). The minimum absolute atomic E-state index is 0.0475. The predicted molar refractivity (Wildman–Crippen MR) is 97.6 cm³/mol. The van der Waals surface area contributed by atoms with Gasteiger partial charge in [-0.15, -0.1) is 11.3 Å². The van der Waals surface area contributed by atoms with Gasteiger partial charge in [-0.05, 0) is 24.3 Å². The number of benzene rings is 1. The maximum atomic E-state index is 10.7. The number of aliphatic carboxylic acids is 1. The maximum absolute atomic E-state index is 10.7. The van der Waals surface area contributed by atoms with E-state index < -0.39 is 5.97 Å². The SMILES string of the molecule is CC.O=C(O)Cc1csc(Nc2ccc(N3CCOCC3)cc2)n1. The molecule has 1 saturated heterocycles. The summed E-state index contributed by atoms with van der Waals surface area (Å²) in [6.45, 7) is 7.37. The van der Waals surface area contributed by atoms with Gasteiger partial charge < -0.3 is 20.1 Å². The van der Waals surface area contributed by atoms with Crippen LogP contribution >= 0.6 is 11.3 Å². The van der Waals surface area contributed by atoms with E-state index in [0.717, 1.165) is 32.0 Å². The standard InChI is InChI=1S/C15H17N3O3S.C2H6/c19-14(20)9-12-10-22-15(17-12)16-11-1-3-13(4-2-11)18-5-7-21-8-6-18;1-2/h1-4,10H,5-9H2,(H,16,17)(H,19,20);1-2H3. The molecule has 0 saturated carbocycles. The van der Waals surface area contributed by atoms with Crippen LogP contribution < -0.4 is 10.2 Å². The zero-order chi connectivity index (χ0) is 17.4. The van der Waals surface area contributed by atoms with Crippen molar-refractivity contribution in [2.24, 2.45) is 0 Å². The summed E-state index contributed by atoms with van der Waals surface area (Å²) in [4.78, 5) is 17.2. The highest BCUT2D eigenvalue weighted by atomic mass is 32.1. The lowest BCUT2D eigenvalue weighted by atomic mass is 10.2. The molecule has 1 aromatic heterocycles. The zero-order valence-corrected chi connectivity index (χ0v) is 14.8. The third kappa shape index (κ3) is 5.21. The number of carbonyl (C=O) groups is 1. The van der Waals surface area contributed by atoms with Gasteiger partial charge in [0.25, 0.3) is 0 Å². The van der Waals surface area contributed by atoms with Crippen molar-refractivity contribution < 1.29 is 14.6 Å². The number of nitrogens with one attached hydrogen (secondary N) is 1. The van der Waals surface area contributed by atoms with Crippen molar-refractivity contribution in [2.45, 2.75) is 20.3 Å². The molecule has 1 fully saturated rings. The lowest BCUT2D eigenvalue weighted by Crippen LogP contribution is -2.36. The summed E-state index contributed by atoms with van der Waals surface area (Å²) in [6, 6.07) is 8.14. The first kappa shape index (κ1) is 18.2. The Morgan fingerprint density at radius 1 is 1.29 bits per heavy atom. The molecule has 0 atom stereocenters. The first-order chi connectivity index (χ1) is 11.7. The lowest BCUT2D eigenvalue weighted by molar-refractivity contribution is -0.136. The summed E-state index contributed by atoms with van der Waals surface area (Å²) < 4.78 is 5.35. The Labute approximate surface area is 146 Å². The number of ether oxygens (including phenoxy) is 1. The van der Waals surface area contributed by atoms with Gasteiger partial charge in [0.2, 0.25) is 0 Å². The summed E-state index contributed by atoms with van der Waals surface area (Å²) in [5.41, 5.74) is 2.69. The Balaban J connectivity index is 0.00000100. The summed E-state index contributed by atoms with van der Waals surface area (Å²) in [7, 11) is 0. The number of aromatic nitrogens is 1. The number of nitrogens with zero attached hydrogens (tertiary/aromatic N) is 2. The number of anilines is 3.